The van der Waals surface area contributed by atoms with Crippen LogP contribution in [0.3, 0.4) is 0 Å². The van der Waals surface area contributed by atoms with Crippen LogP contribution in [-0.4, -0.2) is 20.7 Å². The first kappa shape index (κ1) is 11.1. The Morgan fingerprint density at radius 1 is 1.53 bits per heavy atom. The first-order chi connectivity index (χ1) is 8.08. The number of carbonyl (C=O) groups is 1. The summed E-state index contributed by atoms with van der Waals surface area (Å²) in [7, 11) is 1.71. The van der Waals surface area contributed by atoms with Gasteiger partial charge in [0, 0.05) is 13.2 Å². The Balaban J connectivity index is 2.23. The lowest BCUT2D eigenvalue weighted by molar-refractivity contribution is 0.101. The molecule has 88 valence electrons. The van der Waals surface area contributed by atoms with E-state index in [1.54, 1.807) is 31.4 Å². The maximum absolute atomic E-state index is 11.9. The van der Waals surface area contributed by atoms with E-state index < -0.39 is 0 Å². The summed E-state index contributed by atoms with van der Waals surface area (Å²) in [5, 5.41) is 6.75. The Hall–Kier alpha value is -2.37. The molecule has 0 unspecified atom stereocenters. The molecule has 0 spiro atoms. The van der Waals surface area contributed by atoms with E-state index in [0.717, 1.165) is 5.69 Å². The number of nitrogens with one attached hydrogen (secondary N) is 1. The van der Waals surface area contributed by atoms with Gasteiger partial charge in [-0.25, -0.2) is 4.98 Å². The molecule has 2 rings (SSSR count). The number of aromatic nitrogens is 3. The average molecular weight is 231 g/mol. The van der Waals surface area contributed by atoms with E-state index in [4.69, 9.17) is 5.73 Å². The first-order valence-electron chi connectivity index (χ1n) is 5.10. The van der Waals surface area contributed by atoms with E-state index >= 15 is 0 Å². The van der Waals surface area contributed by atoms with Gasteiger partial charge in [-0.15, -0.1) is 0 Å². The van der Waals surface area contributed by atoms with Crippen LogP contribution in [0.25, 0.3) is 0 Å². The van der Waals surface area contributed by atoms with Crippen molar-refractivity contribution in [2.75, 3.05) is 11.1 Å². The van der Waals surface area contributed by atoms with Crippen molar-refractivity contribution < 1.29 is 4.79 Å². The van der Waals surface area contributed by atoms with Crippen LogP contribution in [0.15, 0.2) is 24.4 Å². The number of hydrogen-bond acceptors (Lipinski definition) is 4. The van der Waals surface area contributed by atoms with Crippen LogP contribution in [0, 0.1) is 6.92 Å². The Morgan fingerprint density at radius 3 is 2.88 bits per heavy atom. The Morgan fingerprint density at radius 2 is 2.29 bits per heavy atom. The van der Waals surface area contributed by atoms with Crippen molar-refractivity contribution in [1.29, 1.82) is 0 Å². The largest absolute Gasteiger partial charge is 0.396 e. The zero-order valence-electron chi connectivity index (χ0n) is 9.64. The van der Waals surface area contributed by atoms with Crippen molar-refractivity contribution in [2.45, 2.75) is 6.92 Å². The molecule has 0 bridgehead atoms. The van der Waals surface area contributed by atoms with Gasteiger partial charge in [0.05, 0.1) is 11.4 Å². The normalized spacial score (nSPS) is 10.2. The van der Waals surface area contributed by atoms with Crippen molar-refractivity contribution >= 4 is 17.4 Å². The van der Waals surface area contributed by atoms with Gasteiger partial charge in [-0.1, -0.05) is 0 Å². The third kappa shape index (κ3) is 2.25. The summed E-state index contributed by atoms with van der Waals surface area (Å²) in [5.41, 5.74) is 7.37. The minimum Gasteiger partial charge on any atom is -0.396 e. The van der Waals surface area contributed by atoms with Gasteiger partial charge in [0.15, 0.2) is 5.82 Å². The third-order valence-electron chi connectivity index (χ3n) is 2.31. The lowest BCUT2D eigenvalue weighted by atomic mass is 10.3. The fourth-order valence-electron chi connectivity index (χ4n) is 1.52. The van der Waals surface area contributed by atoms with Gasteiger partial charge in [0.2, 0.25) is 0 Å². The molecule has 0 aromatic carbocycles. The molecule has 6 nitrogen and oxygen atoms in total. The van der Waals surface area contributed by atoms with E-state index in [1.165, 1.54) is 4.68 Å². The minimum absolute atomic E-state index is 0.279. The Bertz CT molecular complexity index is 561. The number of nitrogens with zero attached hydrogens (tertiary/aromatic N) is 3. The van der Waals surface area contributed by atoms with E-state index in [-0.39, 0.29) is 5.91 Å². The number of anilines is 2. The van der Waals surface area contributed by atoms with Gasteiger partial charge in [0.1, 0.15) is 5.69 Å². The van der Waals surface area contributed by atoms with E-state index in [1.807, 2.05) is 6.92 Å². The number of hydrogen-bond donors (Lipinski definition) is 2. The number of aryl methyl sites for hydroxylation is 2. The maximum Gasteiger partial charge on any atom is 0.275 e. The van der Waals surface area contributed by atoms with Crippen molar-refractivity contribution in [2.24, 2.45) is 7.05 Å². The Kier molecular flexibility index (Phi) is 2.78. The van der Waals surface area contributed by atoms with E-state index in [9.17, 15) is 4.79 Å². The van der Waals surface area contributed by atoms with Gasteiger partial charge in [-0.2, -0.15) is 5.10 Å². The van der Waals surface area contributed by atoms with Crippen LogP contribution >= 0.6 is 0 Å². The van der Waals surface area contributed by atoms with Gasteiger partial charge in [-0.3, -0.25) is 9.48 Å². The van der Waals surface area contributed by atoms with Gasteiger partial charge in [0.25, 0.3) is 5.91 Å². The molecule has 6 heteroatoms. The molecule has 0 saturated carbocycles. The van der Waals surface area contributed by atoms with Crippen molar-refractivity contribution in [1.82, 2.24) is 14.8 Å². The fourth-order valence-corrected chi connectivity index (χ4v) is 1.52. The lowest BCUT2D eigenvalue weighted by Crippen LogP contribution is -2.17. The molecule has 2 aromatic rings. The second-order valence-electron chi connectivity index (χ2n) is 3.69. The first-order valence-corrected chi connectivity index (χ1v) is 5.10. The molecule has 1 amide bonds. The van der Waals surface area contributed by atoms with Crippen LogP contribution in [0.4, 0.5) is 11.5 Å². The number of rotatable bonds is 2. The highest BCUT2D eigenvalue weighted by atomic mass is 16.2. The maximum atomic E-state index is 11.9. The Labute approximate surface area is 98.5 Å². The molecule has 2 heterocycles. The topological polar surface area (TPSA) is 85.8 Å². The summed E-state index contributed by atoms with van der Waals surface area (Å²) in [5.74, 6) is 0.0786. The fraction of sp³-hybridized carbons (Fsp3) is 0.182. The summed E-state index contributed by atoms with van der Waals surface area (Å²) in [6.07, 6.45) is 1.57. The second kappa shape index (κ2) is 4.25. The minimum atomic E-state index is -0.279. The second-order valence-corrected chi connectivity index (χ2v) is 3.69. The summed E-state index contributed by atoms with van der Waals surface area (Å²) >= 11 is 0. The predicted molar refractivity (Wildman–Crippen MR) is 64.5 cm³/mol. The monoisotopic (exact) mass is 231 g/mol. The number of carbonyl (C=O) groups excluding carboxylic acids is 1. The zero-order chi connectivity index (χ0) is 12.4. The highest BCUT2D eigenvalue weighted by molar-refractivity contribution is 6.03. The number of nitrogens with two attached hydrogens (primary N) is 1. The number of pyridine rings is 1. The number of amides is 1. The van der Waals surface area contributed by atoms with Gasteiger partial charge >= 0.3 is 0 Å². The molecule has 0 atom stereocenters. The molecule has 0 aliphatic rings. The van der Waals surface area contributed by atoms with Gasteiger partial charge < -0.3 is 11.1 Å². The molecule has 0 aliphatic carbocycles. The summed E-state index contributed by atoms with van der Waals surface area (Å²) in [6.45, 7) is 1.83. The lowest BCUT2D eigenvalue weighted by Gasteiger charge is -2.06. The third-order valence-corrected chi connectivity index (χ3v) is 2.31. The molecule has 3 N–H and O–H groups in total. The van der Waals surface area contributed by atoms with Gasteiger partial charge in [-0.05, 0) is 25.1 Å². The van der Waals surface area contributed by atoms with Crippen LogP contribution in [0.5, 0.6) is 0 Å². The summed E-state index contributed by atoms with van der Waals surface area (Å²) in [6, 6.07) is 5.09. The number of nitrogen functional groups attached to an aromatic ring is 1. The zero-order valence-corrected chi connectivity index (χ0v) is 9.64. The summed E-state index contributed by atoms with van der Waals surface area (Å²) < 4.78 is 1.52. The molecule has 0 radical (unpaired) electrons. The van der Waals surface area contributed by atoms with Crippen LogP contribution in [0.1, 0.15) is 16.2 Å². The molecule has 2 aromatic heterocycles. The molecular weight excluding hydrogens is 218 g/mol. The molecule has 0 aliphatic heterocycles. The SMILES string of the molecule is Cc1cc(C(=O)Nc2ncccc2N)n(C)n1. The standard InChI is InChI=1S/C11H13N5O/c1-7-6-9(16(2)15-7)11(17)14-10-8(12)4-3-5-13-10/h3-6H,12H2,1-2H3,(H,13,14,17). The van der Waals surface area contributed by atoms with Crippen LogP contribution < -0.4 is 11.1 Å². The van der Waals surface area contributed by atoms with Crippen LogP contribution in [0.2, 0.25) is 0 Å². The highest BCUT2D eigenvalue weighted by Crippen LogP contribution is 2.14. The van der Waals surface area contributed by atoms with E-state index in [0.29, 0.717) is 17.2 Å². The summed E-state index contributed by atoms with van der Waals surface area (Å²) in [4.78, 5) is 15.9. The van der Waals surface area contributed by atoms with Crippen LogP contribution in [-0.2, 0) is 7.05 Å². The highest BCUT2D eigenvalue weighted by Gasteiger charge is 2.13. The van der Waals surface area contributed by atoms with E-state index in [2.05, 4.69) is 15.4 Å². The molecule has 0 saturated heterocycles. The molecular formula is C11H13N5O. The van der Waals surface area contributed by atoms with Crippen molar-refractivity contribution in [3.63, 3.8) is 0 Å². The van der Waals surface area contributed by atoms with Crippen molar-refractivity contribution in [3.05, 3.63) is 35.8 Å². The molecule has 0 fully saturated rings. The average Bonchev–Trinajstić information content (AvgIpc) is 2.61. The predicted octanol–water partition coefficient (Wildman–Crippen LogP) is 0.958. The molecule has 17 heavy (non-hydrogen) atoms. The quantitative estimate of drug-likeness (QED) is 0.806. The van der Waals surface area contributed by atoms with Crippen molar-refractivity contribution in [3.8, 4) is 0 Å². The smallest absolute Gasteiger partial charge is 0.275 e.